The third kappa shape index (κ3) is 4.24. The number of hydrogen-bond acceptors (Lipinski definition) is 3. The lowest BCUT2D eigenvalue weighted by atomic mass is 9.76. The molecule has 0 saturated carbocycles. The average Bonchev–Trinajstić information content (AvgIpc) is 2.81. The largest absolute Gasteiger partial charge is 0.444 e. The molecule has 0 spiro atoms. The molecule has 1 aromatic heterocycles. The molecule has 0 radical (unpaired) electrons. The smallest absolute Gasteiger partial charge is 0.410 e. The summed E-state index contributed by atoms with van der Waals surface area (Å²) in [6.07, 6.45) is 5.71. The highest BCUT2D eigenvalue weighted by molar-refractivity contribution is 6.30. The van der Waals surface area contributed by atoms with Crippen molar-refractivity contribution in [3.63, 3.8) is 0 Å². The molecule has 2 aliphatic rings. The molecule has 1 atom stereocenters. The molecule has 2 aromatic rings. The quantitative estimate of drug-likeness (QED) is 0.532. The van der Waals surface area contributed by atoms with Crippen LogP contribution in [-0.2, 0) is 4.74 Å². The van der Waals surface area contributed by atoms with E-state index in [9.17, 15) is 4.79 Å². The fourth-order valence-electron chi connectivity index (χ4n) is 4.63. The van der Waals surface area contributed by atoms with Gasteiger partial charge in [-0.25, -0.2) is 4.79 Å². The van der Waals surface area contributed by atoms with E-state index in [1.165, 1.54) is 22.3 Å². The van der Waals surface area contributed by atoms with Crippen molar-refractivity contribution in [1.29, 1.82) is 0 Å². The molecule has 158 valence electrons. The second-order valence-electron chi connectivity index (χ2n) is 9.32. The minimum absolute atomic E-state index is 0.183. The molecule has 1 aromatic carbocycles. The molecule has 2 heterocycles. The van der Waals surface area contributed by atoms with Gasteiger partial charge in [-0.3, -0.25) is 4.98 Å². The first-order chi connectivity index (χ1) is 14.2. The van der Waals surface area contributed by atoms with E-state index in [1.807, 2.05) is 44.0 Å². The topological polar surface area (TPSA) is 42.4 Å². The number of likely N-dealkylation sites (tertiary alicyclic amines) is 1. The van der Waals surface area contributed by atoms with E-state index < -0.39 is 5.60 Å². The Labute approximate surface area is 183 Å². The molecule has 1 aliphatic carbocycles. The first-order valence-corrected chi connectivity index (χ1v) is 11.0. The van der Waals surface area contributed by atoms with E-state index >= 15 is 0 Å². The number of hydrogen-bond donors (Lipinski definition) is 0. The molecule has 1 aliphatic heterocycles. The van der Waals surface area contributed by atoms with Crippen molar-refractivity contribution in [1.82, 2.24) is 9.88 Å². The third-order valence-electron chi connectivity index (χ3n) is 5.98. The number of halogens is 1. The van der Waals surface area contributed by atoms with Gasteiger partial charge in [-0.05, 0) is 93.0 Å². The van der Waals surface area contributed by atoms with E-state index in [-0.39, 0.29) is 12.0 Å². The summed E-state index contributed by atoms with van der Waals surface area (Å²) < 4.78 is 5.57. The van der Waals surface area contributed by atoms with Gasteiger partial charge in [0.05, 0.1) is 5.69 Å². The van der Waals surface area contributed by atoms with Crippen LogP contribution in [0.1, 0.15) is 68.8 Å². The summed E-state index contributed by atoms with van der Waals surface area (Å²) in [6, 6.07) is 10.3. The minimum Gasteiger partial charge on any atom is -0.444 e. The van der Waals surface area contributed by atoms with Crippen molar-refractivity contribution in [2.24, 2.45) is 5.92 Å². The summed E-state index contributed by atoms with van der Waals surface area (Å²) >= 11 is 6.35. The first kappa shape index (κ1) is 20.9. The number of aromatic nitrogens is 1. The van der Waals surface area contributed by atoms with Gasteiger partial charge in [0, 0.05) is 30.2 Å². The number of allylic oxidation sites excluding steroid dienone is 1. The Kier molecular flexibility index (Phi) is 5.63. The third-order valence-corrected chi connectivity index (χ3v) is 6.21. The van der Waals surface area contributed by atoms with Crippen LogP contribution < -0.4 is 0 Å². The number of rotatable bonds is 1. The van der Waals surface area contributed by atoms with E-state index in [0.717, 1.165) is 23.6 Å². The molecule has 1 saturated heterocycles. The van der Waals surface area contributed by atoms with Gasteiger partial charge in [-0.2, -0.15) is 0 Å². The highest BCUT2D eigenvalue weighted by Crippen LogP contribution is 2.44. The fraction of sp³-hybridized carbons (Fsp3) is 0.440. The highest BCUT2D eigenvalue weighted by Gasteiger charge is 2.35. The zero-order chi connectivity index (χ0) is 21.5. The Morgan fingerprint density at radius 3 is 2.63 bits per heavy atom. The summed E-state index contributed by atoms with van der Waals surface area (Å²) in [6.45, 7) is 9.26. The minimum atomic E-state index is -0.473. The molecule has 30 heavy (non-hydrogen) atoms. The fourth-order valence-corrected chi connectivity index (χ4v) is 4.80. The van der Waals surface area contributed by atoms with E-state index in [0.29, 0.717) is 19.0 Å². The van der Waals surface area contributed by atoms with E-state index in [2.05, 4.69) is 31.2 Å². The van der Waals surface area contributed by atoms with Gasteiger partial charge in [0.1, 0.15) is 5.60 Å². The van der Waals surface area contributed by atoms with Gasteiger partial charge in [0.25, 0.3) is 0 Å². The van der Waals surface area contributed by atoms with Gasteiger partial charge in [0.2, 0.25) is 0 Å². The summed E-state index contributed by atoms with van der Waals surface area (Å²) in [5, 5.41) is 0.749. The first-order valence-electron chi connectivity index (χ1n) is 10.6. The molecule has 1 fully saturated rings. The number of fused-ring (bicyclic) bond motifs is 2. The SMILES string of the molecule is CC1=Cc2cccnc2C(C2CCN(C(=O)OC(C)(C)C)CC2)c2ccc(Cl)cc21. The Morgan fingerprint density at radius 1 is 1.20 bits per heavy atom. The standard InChI is InChI=1S/C25H29ClN2O2/c1-16-14-18-6-5-11-27-23(18)22(20-8-7-19(26)15-21(16)20)17-9-12-28(13-10-17)24(29)30-25(2,3)4/h5-8,11,14-15,17,22H,9-10,12-13H2,1-4H3. The van der Waals surface area contributed by atoms with Crippen LogP contribution in [0.25, 0.3) is 11.6 Å². The maximum absolute atomic E-state index is 12.5. The Morgan fingerprint density at radius 2 is 1.93 bits per heavy atom. The van der Waals surface area contributed by atoms with Gasteiger partial charge in [-0.15, -0.1) is 0 Å². The molecular weight excluding hydrogens is 396 g/mol. The van der Waals surface area contributed by atoms with Crippen molar-refractivity contribution in [2.75, 3.05) is 13.1 Å². The Bertz CT molecular complexity index is 985. The number of benzene rings is 1. The van der Waals surface area contributed by atoms with Crippen LogP contribution in [0.15, 0.2) is 36.5 Å². The van der Waals surface area contributed by atoms with Crippen LogP contribution in [0.5, 0.6) is 0 Å². The van der Waals surface area contributed by atoms with Crippen molar-refractivity contribution >= 4 is 29.3 Å². The number of pyridine rings is 1. The summed E-state index contributed by atoms with van der Waals surface area (Å²) in [5.41, 5.74) is 5.49. The zero-order valence-corrected chi connectivity index (χ0v) is 18.9. The summed E-state index contributed by atoms with van der Waals surface area (Å²) in [5.74, 6) is 0.583. The predicted octanol–water partition coefficient (Wildman–Crippen LogP) is 6.39. The lowest BCUT2D eigenvalue weighted by Gasteiger charge is -2.37. The second-order valence-corrected chi connectivity index (χ2v) is 9.76. The molecule has 1 amide bonds. The number of carbonyl (C=O) groups is 1. The van der Waals surface area contributed by atoms with Crippen LogP contribution in [0.2, 0.25) is 5.02 Å². The number of ether oxygens (including phenoxy) is 1. The molecule has 4 nitrogen and oxygen atoms in total. The van der Waals surface area contributed by atoms with Crippen molar-refractivity contribution in [3.05, 3.63) is 63.9 Å². The number of nitrogens with zero attached hydrogens (tertiary/aromatic N) is 2. The van der Waals surface area contributed by atoms with Gasteiger partial charge in [-0.1, -0.05) is 23.7 Å². The highest BCUT2D eigenvalue weighted by atomic mass is 35.5. The average molecular weight is 425 g/mol. The normalized spacial score (nSPS) is 19.4. The van der Waals surface area contributed by atoms with Crippen LogP contribution in [0.3, 0.4) is 0 Å². The molecule has 0 N–H and O–H groups in total. The lowest BCUT2D eigenvalue weighted by Crippen LogP contribution is -2.42. The number of amides is 1. The van der Waals surface area contributed by atoms with E-state index in [4.69, 9.17) is 21.3 Å². The monoisotopic (exact) mass is 424 g/mol. The maximum atomic E-state index is 12.5. The lowest BCUT2D eigenvalue weighted by molar-refractivity contribution is 0.0178. The second kappa shape index (κ2) is 8.07. The summed E-state index contributed by atoms with van der Waals surface area (Å²) in [4.78, 5) is 19.1. The molecule has 4 rings (SSSR count). The molecule has 5 heteroatoms. The van der Waals surface area contributed by atoms with Crippen LogP contribution in [0.4, 0.5) is 4.79 Å². The number of piperidine rings is 1. The summed E-state index contributed by atoms with van der Waals surface area (Å²) in [7, 11) is 0. The van der Waals surface area contributed by atoms with Crippen molar-refractivity contribution in [2.45, 2.75) is 52.1 Å². The molecule has 0 bridgehead atoms. The maximum Gasteiger partial charge on any atom is 0.410 e. The van der Waals surface area contributed by atoms with Crippen LogP contribution >= 0.6 is 11.6 Å². The zero-order valence-electron chi connectivity index (χ0n) is 18.1. The van der Waals surface area contributed by atoms with Gasteiger partial charge < -0.3 is 9.64 Å². The molecular formula is C25H29ClN2O2. The number of carbonyl (C=O) groups excluding carboxylic acids is 1. The Balaban J connectivity index is 1.64. The van der Waals surface area contributed by atoms with Crippen LogP contribution in [0, 0.1) is 5.92 Å². The van der Waals surface area contributed by atoms with E-state index in [1.54, 1.807) is 0 Å². The Hall–Kier alpha value is -2.33. The van der Waals surface area contributed by atoms with Gasteiger partial charge in [0.15, 0.2) is 0 Å². The van der Waals surface area contributed by atoms with Crippen LogP contribution in [-0.4, -0.2) is 34.7 Å². The van der Waals surface area contributed by atoms with Gasteiger partial charge >= 0.3 is 6.09 Å². The predicted molar refractivity (Wildman–Crippen MR) is 122 cm³/mol. The van der Waals surface area contributed by atoms with Crippen molar-refractivity contribution < 1.29 is 9.53 Å². The molecule has 1 unspecified atom stereocenters. The van der Waals surface area contributed by atoms with Crippen molar-refractivity contribution in [3.8, 4) is 0 Å².